The molecule has 3 nitrogen and oxygen atoms in total. The van der Waals surface area contributed by atoms with Crippen LogP contribution in [0, 0.1) is 18.8 Å². The molecule has 2 aliphatic rings. The number of benzene rings is 4. The van der Waals surface area contributed by atoms with Crippen molar-refractivity contribution in [1.29, 1.82) is 0 Å². The second-order valence-electron chi connectivity index (χ2n) is 10.6. The lowest BCUT2D eigenvalue weighted by Gasteiger charge is -2.48. The van der Waals surface area contributed by atoms with Crippen molar-refractivity contribution in [2.45, 2.75) is 42.6 Å². The van der Waals surface area contributed by atoms with Crippen molar-refractivity contribution in [3.63, 3.8) is 0 Å². The van der Waals surface area contributed by atoms with Crippen LogP contribution in [0.25, 0.3) is 5.57 Å². The van der Waals surface area contributed by atoms with Crippen LogP contribution in [0.4, 0.5) is 0 Å². The molecule has 1 unspecified atom stereocenters. The highest BCUT2D eigenvalue weighted by atomic mass is 32.2. The van der Waals surface area contributed by atoms with Gasteiger partial charge in [0.2, 0.25) is 0 Å². The van der Waals surface area contributed by atoms with Crippen molar-refractivity contribution in [1.82, 2.24) is 0 Å². The van der Waals surface area contributed by atoms with Crippen LogP contribution >= 0.6 is 0 Å². The van der Waals surface area contributed by atoms with Crippen LogP contribution in [0.5, 0.6) is 0 Å². The highest BCUT2D eigenvalue weighted by Gasteiger charge is 2.47. The minimum atomic E-state index is -3.91. The number of hydrogen-bond donors (Lipinski definition) is 0. The van der Waals surface area contributed by atoms with Gasteiger partial charge in [0, 0.05) is 5.92 Å². The maximum atomic E-state index is 13.5. The van der Waals surface area contributed by atoms with E-state index in [9.17, 15) is 8.42 Å². The van der Waals surface area contributed by atoms with Gasteiger partial charge in [0.25, 0.3) is 10.1 Å². The number of allylic oxidation sites excluding steroid dienone is 2. The highest BCUT2D eigenvalue weighted by Crippen LogP contribution is 2.56. The van der Waals surface area contributed by atoms with Crippen molar-refractivity contribution >= 4 is 15.7 Å². The predicted molar refractivity (Wildman–Crippen MR) is 152 cm³/mol. The second-order valence-corrected chi connectivity index (χ2v) is 12.2. The minimum Gasteiger partial charge on any atom is -0.263 e. The van der Waals surface area contributed by atoms with Crippen LogP contribution in [0.1, 0.15) is 46.9 Å². The first-order chi connectivity index (χ1) is 18.5. The minimum absolute atomic E-state index is 0.0510. The van der Waals surface area contributed by atoms with Gasteiger partial charge in [0.1, 0.15) is 0 Å². The van der Waals surface area contributed by atoms with Gasteiger partial charge in [-0.15, -0.1) is 0 Å². The zero-order valence-corrected chi connectivity index (χ0v) is 22.3. The summed E-state index contributed by atoms with van der Waals surface area (Å²) >= 11 is 0. The highest BCUT2D eigenvalue weighted by molar-refractivity contribution is 7.86. The Morgan fingerprint density at radius 2 is 1.24 bits per heavy atom. The van der Waals surface area contributed by atoms with E-state index in [1.165, 1.54) is 22.3 Å². The van der Waals surface area contributed by atoms with Crippen molar-refractivity contribution < 1.29 is 12.6 Å². The summed E-state index contributed by atoms with van der Waals surface area (Å²) in [6, 6.07) is 38.5. The average molecular weight is 521 g/mol. The summed E-state index contributed by atoms with van der Waals surface area (Å²) in [7, 11) is -3.91. The third kappa shape index (κ3) is 4.87. The maximum Gasteiger partial charge on any atom is 0.297 e. The van der Waals surface area contributed by atoms with Crippen molar-refractivity contribution in [3.8, 4) is 0 Å². The molecule has 4 aromatic carbocycles. The molecule has 4 aromatic rings. The summed E-state index contributed by atoms with van der Waals surface area (Å²) in [5.74, 6) is 0.563. The third-order valence-corrected chi connectivity index (χ3v) is 9.62. The summed E-state index contributed by atoms with van der Waals surface area (Å²) < 4.78 is 33.2. The third-order valence-electron chi connectivity index (χ3n) is 8.27. The van der Waals surface area contributed by atoms with Gasteiger partial charge in [-0.2, -0.15) is 8.42 Å². The fraction of sp³-hybridized carbons (Fsp3) is 0.235. The van der Waals surface area contributed by atoms with E-state index in [1.54, 1.807) is 12.1 Å². The van der Waals surface area contributed by atoms with Crippen LogP contribution in [0.15, 0.2) is 126 Å². The first-order valence-corrected chi connectivity index (χ1v) is 14.8. The first kappa shape index (κ1) is 24.8. The number of rotatable bonds is 6. The van der Waals surface area contributed by atoms with E-state index in [4.69, 9.17) is 4.18 Å². The molecule has 5 atom stereocenters. The van der Waals surface area contributed by atoms with Gasteiger partial charge in [-0.25, -0.2) is 0 Å². The first-order valence-electron chi connectivity index (χ1n) is 13.4. The van der Waals surface area contributed by atoms with Crippen LogP contribution in [-0.2, 0) is 14.3 Å². The Labute approximate surface area is 225 Å². The van der Waals surface area contributed by atoms with Gasteiger partial charge in [-0.05, 0) is 71.9 Å². The molecule has 192 valence electrons. The van der Waals surface area contributed by atoms with E-state index >= 15 is 0 Å². The standard InChI is InChI=1S/C34H32O3S/c1-24-17-19-28(20-18-24)38(35,36)37-34-23-31(27-15-9-4-10-16-27)32-22-33(34)30(26-13-7-3-8-14-26)21-29(32)25-11-5-2-6-12-25/h2-21,30-34H,22-23H2,1H3/t30-,31-,32-,33-,34?/m0/s1. The number of aryl methyl sites for hydroxylation is 1. The lowest BCUT2D eigenvalue weighted by molar-refractivity contribution is 0.0606. The van der Waals surface area contributed by atoms with Crippen molar-refractivity contribution in [2.75, 3.05) is 0 Å². The Morgan fingerprint density at radius 3 is 1.87 bits per heavy atom. The van der Waals surface area contributed by atoms with Crippen LogP contribution < -0.4 is 0 Å². The van der Waals surface area contributed by atoms with Gasteiger partial charge in [0.05, 0.1) is 11.0 Å². The molecule has 1 saturated carbocycles. The van der Waals surface area contributed by atoms with Gasteiger partial charge >= 0.3 is 0 Å². The summed E-state index contributed by atoms with van der Waals surface area (Å²) in [6.45, 7) is 1.95. The van der Waals surface area contributed by atoms with E-state index in [1.807, 2.05) is 31.2 Å². The van der Waals surface area contributed by atoms with E-state index < -0.39 is 16.2 Å². The van der Waals surface area contributed by atoms with Crippen molar-refractivity contribution in [2.24, 2.45) is 11.8 Å². The molecular weight excluding hydrogens is 488 g/mol. The summed E-state index contributed by atoms with van der Waals surface area (Å²) in [5.41, 5.74) is 6.04. The number of fused-ring (bicyclic) bond motifs is 2. The maximum absolute atomic E-state index is 13.5. The van der Waals surface area contributed by atoms with Gasteiger partial charge < -0.3 is 0 Å². The molecule has 6 rings (SSSR count). The number of hydrogen-bond acceptors (Lipinski definition) is 3. The Balaban J connectivity index is 1.46. The molecule has 0 heterocycles. The average Bonchev–Trinajstić information content (AvgIpc) is 2.96. The lowest BCUT2D eigenvalue weighted by Crippen LogP contribution is -2.42. The topological polar surface area (TPSA) is 43.4 Å². The molecule has 4 heteroatoms. The van der Waals surface area contributed by atoms with Gasteiger partial charge in [-0.1, -0.05) is 115 Å². The predicted octanol–water partition coefficient (Wildman–Crippen LogP) is 7.76. The molecule has 0 amide bonds. The van der Waals surface area contributed by atoms with Crippen LogP contribution in [-0.4, -0.2) is 14.5 Å². The molecule has 0 saturated heterocycles. The zero-order valence-electron chi connectivity index (χ0n) is 21.5. The molecule has 2 aliphatic carbocycles. The van der Waals surface area contributed by atoms with Gasteiger partial charge in [-0.3, -0.25) is 4.18 Å². The largest absolute Gasteiger partial charge is 0.297 e. The Hall–Kier alpha value is -3.47. The Bertz CT molecular complexity index is 1510. The van der Waals surface area contributed by atoms with Gasteiger partial charge in [0.15, 0.2) is 0 Å². The smallest absolute Gasteiger partial charge is 0.263 e. The quantitative estimate of drug-likeness (QED) is 0.244. The summed E-state index contributed by atoms with van der Waals surface area (Å²) in [5, 5.41) is 0. The normalized spacial score (nSPS) is 25.0. The molecule has 0 spiro atoms. The Morgan fingerprint density at radius 1 is 0.658 bits per heavy atom. The fourth-order valence-electron chi connectivity index (χ4n) is 6.42. The molecule has 0 aromatic heterocycles. The van der Waals surface area contributed by atoms with E-state index in [-0.39, 0.29) is 28.6 Å². The zero-order chi connectivity index (χ0) is 26.1. The monoisotopic (exact) mass is 520 g/mol. The molecule has 0 radical (unpaired) electrons. The van der Waals surface area contributed by atoms with E-state index in [0.717, 1.165) is 12.0 Å². The van der Waals surface area contributed by atoms with Crippen molar-refractivity contribution in [3.05, 3.63) is 144 Å². The summed E-state index contributed by atoms with van der Waals surface area (Å²) in [4.78, 5) is 0.217. The van der Waals surface area contributed by atoms with Crippen LogP contribution in [0.2, 0.25) is 0 Å². The lowest BCUT2D eigenvalue weighted by atomic mass is 9.58. The molecular formula is C34H32O3S. The van der Waals surface area contributed by atoms with E-state index in [0.29, 0.717) is 6.42 Å². The second kappa shape index (κ2) is 10.4. The summed E-state index contributed by atoms with van der Waals surface area (Å²) in [6.07, 6.45) is 3.49. The molecule has 0 aliphatic heterocycles. The Kier molecular flexibility index (Phi) is 6.77. The van der Waals surface area contributed by atoms with E-state index in [2.05, 4.69) is 84.9 Å². The SMILES string of the molecule is Cc1ccc(S(=O)(=O)OC2C[C@@H](c3ccccc3)[C@H]3C[C@H]2[C@H](c2ccccc2)C=C3c2ccccc2)cc1. The molecule has 1 fully saturated rings. The molecule has 38 heavy (non-hydrogen) atoms. The fourth-order valence-corrected chi connectivity index (χ4v) is 7.55. The molecule has 2 bridgehead atoms. The molecule has 0 N–H and O–H groups in total. The van der Waals surface area contributed by atoms with Crippen LogP contribution in [0.3, 0.4) is 0 Å².